The Morgan fingerprint density at radius 3 is 2.70 bits per heavy atom. The molecule has 2 heterocycles. The molecule has 1 N–H and O–H groups in total. The van der Waals surface area contributed by atoms with E-state index in [0.29, 0.717) is 12.0 Å². The second-order valence-corrected chi connectivity index (χ2v) is 5.95. The predicted molar refractivity (Wildman–Crippen MR) is 80.2 cm³/mol. The zero-order valence-electron chi connectivity index (χ0n) is 11.6. The average Bonchev–Trinajstić information content (AvgIpc) is 3.32. The summed E-state index contributed by atoms with van der Waals surface area (Å²) in [7, 11) is 0. The third-order valence-corrected chi connectivity index (χ3v) is 4.37. The van der Waals surface area contributed by atoms with Crippen LogP contribution in [0.1, 0.15) is 37.2 Å². The number of ether oxygens (including phenoxy) is 1. The number of hydrogen-bond donors (Lipinski definition) is 1. The zero-order valence-corrected chi connectivity index (χ0v) is 11.6. The summed E-state index contributed by atoms with van der Waals surface area (Å²) < 4.78 is 6.34. The number of fused-ring (bicyclic) bond motifs is 1. The first-order valence-electron chi connectivity index (χ1n) is 7.65. The summed E-state index contributed by atoms with van der Waals surface area (Å²) in [6, 6.07) is 6.57. The lowest BCUT2D eigenvalue weighted by Gasteiger charge is -2.25. The second kappa shape index (κ2) is 5.06. The highest BCUT2D eigenvalue weighted by atomic mass is 16.5. The average molecular weight is 268 g/mol. The molecule has 0 spiro atoms. The van der Waals surface area contributed by atoms with Crippen molar-refractivity contribution in [1.29, 1.82) is 0 Å². The molecule has 2 aliphatic rings. The van der Waals surface area contributed by atoms with Crippen LogP contribution in [-0.2, 0) is 0 Å². The van der Waals surface area contributed by atoms with Gasteiger partial charge in [-0.25, -0.2) is 0 Å². The van der Waals surface area contributed by atoms with E-state index in [1.807, 2.05) is 12.4 Å². The normalized spacial score (nSPS) is 20.2. The standard InChI is InChI=1S/C17H20N2O/c1-2-12(1)16-9-14-11-19-6-3-13(14)10-17(16)20-15-4-7-18-8-5-15/h3,6,9-12,15,18H,1-2,4-5,7-8H2. The van der Waals surface area contributed by atoms with Crippen LogP contribution in [0.3, 0.4) is 0 Å². The topological polar surface area (TPSA) is 34.1 Å². The molecule has 2 fully saturated rings. The molecule has 3 nitrogen and oxygen atoms in total. The molecule has 104 valence electrons. The number of piperidine rings is 1. The van der Waals surface area contributed by atoms with Gasteiger partial charge in [0.1, 0.15) is 11.9 Å². The van der Waals surface area contributed by atoms with Gasteiger partial charge in [0.05, 0.1) is 0 Å². The first-order chi connectivity index (χ1) is 9.90. The lowest BCUT2D eigenvalue weighted by Crippen LogP contribution is -2.34. The van der Waals surface area contributed by atoms with Gasteiger partial charge in [-0.15, -0.1) is 0 Å². The maximum absolute atomic E-state index is 6.34. The summed E-state index contributed by atoms with van der Waals surface area (Å²) in [4.78, 5) is 4.23. The van der Waals surface area contributed by atoms with Gasteiger partial charge in [-0.05, 0) is 73.8 Å². The van der Waals surface area contributed by atoms with Crippen molar-refractivity contribution in [3.05, 3.63) is 36.2 Å². The summed E-state index contributed by atoms with van der Waals surface area (Å²) >= 11 is 0. The second-order valence-electron chi connectivity index (χ2n) is 5.95. The van der Waals surface area contributed by atoms with Crippen LogP contribution in [0.15, 0.2) is 30.6 Å². The molecule has 20 heavy (non-hydrogen) atoms. The third-order valence-electron chi connectivity index (χ3n) is 4.37. The lowest BCUT2D eigenvalue weighted by molar-refractivity contribution is 0.161. The Kier molecular flexibility index (Phi) is 3.07. The van der Waals surface area contributed by atoms with E-state index < -0.39 is 0 Å². The molecule has 4 rings (SSSR count). The van der Waals surface area contributed by atoms with Gasteiger partial charge in [-0.3, -0.25) is 4.98 Å². The van der Waals surface area contributed by atoms with Crippen molar-refractivity contribution < 1.29 is 4.74 Å². The molecule has 2 aromatic rings. The lowest BCUT2D eigenvalue weighted by atomic mass is 10.0. The SMILES string of the molecule is c1cc2cc(OC3CCNCC3)c(C3CC3)cc2cn1. The van der Waals surface area contributed by atoms with Gasteiger partial charge in [-0.1, -0.05) is 0 Å². The quantitative estimate of drug-likeness (QED) is 0.928. The fourth-order valence-corrected chi connectivity index (χ4v) is 3.04. The van der Waals surface area contributed by atoms with Gasteiger partial charge in [0.2, 0.25) is 0 Å². The summed E-state index contributed by atoms with van der Waals surface area (Å²) in [5.41, 5.74) is 1.39. The molecule has 0 bridgehead atoms. The molecular weight excluding hydrogens is 248 g/mol. The van der Waals surface area contributed by atoms with E-state index in [9.17, 15) is 0 Å². The minimum absolute atomic E-state index is 0.369. The molecular formula is C17H20N2O. The molecule has 1 saturated heterocycles. The zero-order chi connectivity index (χ0) is 13.4. The fourth-order valence-electron chi connectivity index (χ4n) is 3.04. The van der Waals surface area contributed by atoms with Gasteiger partial charge in [-0.2, -0.15) is 0 Å². The molecule has 3 heteroatoms. The van der Waals surface area contributed by atoms with Crippen molar-refractivity contribution in [1.82, 2.24) is 10.3 Å². The monoisotopic (exact) mass is 268 g/mol. The molecule has 1 aliphatic heterocycles. The summed E-state index contributed by atoms with van der Waals surface area (Å²) in [6.45, 7) is 2.14. The van der Waals surface area contributed by atoms with E-state index in [-0.39, 0.29) is 0 Å². The van der Waals surface area contributed by atoms with Crippen LogP contribution in [0, 0.1) is 0 Å². The maximum Gasteiger partial charge on any atom is 0.123 e. The molecule has 0 atom stereocenters. The number of hydrogen-bond acceptors (Lipinski definition) is 3. The van der Waals surface area contributed by atoms with Gasteiger partial charge in [0.25, 0.3) is 0 Å². The van der Waals surface area contributed by atoms with Crippen molar-refractivity contribution in [2.45, 2.75) is 37.7 Å². The number of nitrogens with zero attached hydrogens (tertiary/aromatic N) is 1. The van der Waals surface area contributed by atoms with Gasteiger partial charge < -0.3 is 10.1 Å². The van der Waals surface area contributed by atoms with Crippen molar-refractivity contribution >= 4 is 10.8 Å². The van der Waals surface area contributed by atoms with Crippen molar-refractivity contribution in [2.75, 3.05) is 13.1 Å². The van der Waals surface area contributed by atoms with Crippen molar-refractivity contribution in [3.63, 3.8) is 0 Å². The van der Waals surface area contributed by atoms with Gasteiger partial charge >= 0.3 is 0 Å². The molecule has 1 aliphatic carbocycles. The minimum atomic E-state index is 0.369. The third kappa shape index (κ3) is 2.38. The van der Waals surface area contributed by atoms with Crippen LogP contribution in [-0.4, -0.2) is 24.2 Å². The fraction of sp³-hybridized carbons (Fsp3) is 0.471. The molecule has 0 unspecified atom stereocenters. The summed E-state index contributed by atoms with van der Waals surface area (Å²) in [5.74, 6) is 1.81. The van der Waals surface area contributed by atoms with Crippen molar-refractivity contribution in [3.8, 4) is 5.75 Å². The number of rotatable bonds is 3. The van der Waals surface area contributed by atoms with E-state index in [2.05, 4.69) is 28.5 Å². The first kappa shape index (κ1) is 12.2. The van der Waals surface area contributed by atoms with Crippen LogP contribution in [0.4, 0.5) is 0 Å². The highest BCUT2D eigenvalue weighted by Crippen LogP contribution is 2.46. The smallest absolute Gasteiger partial charge is 0.123 e. The van der Waals surface area contributed by atoms with E-state index in [0.717, 1.165) is 31.7 Å². The minimum Gasteiger partial charge on any atom is -0.490 e. The number of pyridine rings is 1. The highest BCUT2D eigenvalue weighted by molar-refractivity contribution is 5.84. The maximum atomic E-state index is 6.34. The van der Waals surface area contributed by atoms with Gasteiger partial charge in [0.15, 0.2) is 0 Å². The Morgan fingerprint density at radius 1 is 1.05 bits per heavy atom. The van der Waals surface area contributed by atoms with E-state index in [1.165, 1.54) is 29.2 Å². The van der Waals surface area contributed by atoms with E-state index >= 15 is 0 Å². The Morgan fingerprint density at radius 2 is 1.90 bits per heavy atom. The molecule has 1 aromatic heterocycles. The van der Waals surface area contributed by atoms with Crippen LogP contribution in [0.2, 0.25) is 0 Å². The summed E-state index contributed by atoms with van der Waals surface area (Å²) in [5, 5.41) is 5.85. The van der Waals surface area contributed by atoms with E-state index in [4.69, 9.17) is 4.74 Å². The van der Waals surface area contributed by atoms with Crippen molar-refractivity contribution in [2.24, 2.45) is 0 Å². The molecule has 0 amide bonds. The molecule has 1 saturated carbocycles. The predicted octanol–water partition coefficient (Wildman–Crippen LogP) is 3.24. The van der Waals surface area contributed by atoms with Gasteiger partial charge in [0, 0.05) is 17.8 Å². The molecule has 1 aromatic carbocycles. The number of benzene rings is 1. The summed E-state index contributed by atoms with van der Waals surface area (Å²) in [6.07, 6.45) is 9.00. The number of nitrogens with one attached hydrogen (secondary N) is 1. The Bertz CT molecular complexity index is 615. The van der Waals surface area contributed by atoms with Crippen LogP contribution < -0.4 is 10.1 Å². The Labute approximate surface area is 119 Å². The number of aromatic nitrogens is 1. The van der Waals surface area contributed by atoms with Crippen LogP contribution in [0.5, 0.6) is 5.75 Å². The first-order valence-corrected chi connectivity index (χ1v) is 7.65. The Balaban J connectivity index is 1.70. The molecule has 0 radical (unpaired) electrons. The van der Waals surface area contributed by atoms with E-state index in [1.54, 1.807) is 0 Å². The largest absolute Gasteiger partial charge is 0.490 e. The Hall–Kier alpha value is -1.61. The highest BCUT2D eigenvalue weighted by Gasteiger charge is 2.28. The van der Waals surface area contributed by atoms with Crippen LogP contribution >= 0.6 is 0 Å². The van der Waals surface area contributed by atoms with Crippen LogP contribution in [0.25, 0.3) is 10.8 Å².